The van der Waals surface area contributed by atoms with E-state index in [4.69, 9.17) is 38.0 Å². The molecule has 0 aliphatic carbocycles. The summed E-state index contributed by atoms with van der Waals surface area (Å²) in [6.07, 6.45) is 4.47. The van der Waals surface area contributed by atoms with Crippen LogP contribution >= 0.6 is 23.2 Å². The van der Waals surface area contributed by atoms with Crippen LogP contribution in [0.2, 0.25) is 10.0 Å². The third-order valence-electron chi connectivity index (χ3n) is 6.16. The van der Waals surface area contributed by atoms with Crippen LogP contribution in [0.15, 0.2) is 72.9 Å². The Morgan fingerprint density at radius 3 is 2.28 bits per heavy atom. The van der Waals surface area contributed by atoms with Crippen molar-refractivity contribution in [3.05, 3.63) is 99.9 Å². The van der Waals surface area contributed by atoms with E-state index in [-0.39, 0.29) is 17.5 Å². The molecular formula is C30H29Cl2N3O4. The molecule has 2 N–H and O–H groups in total. The highest BCUT2D eigenvalue weighted by atomic mass is 35.5. The van der Waals surface area contributed by atoms with Crippen LogP contribution in [0.1, 0.15) is 54.5 Å². The molecule has 0 saturated carbocycles. The van der Waals surface area contributed by atoms with Gasteiger partial charge in [-0.05, 0) is 73.0 Å². The fraction of sp³-hybridized carbons (Fsp3) is 0.233. The summed E-state index contributed by atoms with van der Waals surface area (Å²) in [5, 5.41) is 13.2. The van der Waals surface area contributed by atoms with Crippen LogP contribution in [0.5, 0.6) is 11.5 Å². The molecule has 0 aliphatic rings. The zero-order chi connectivity index (χ0) is 27.9. The van der Waals surface area contributed by atoms with Crippen molar-refractivity contribution >= 4 is 35.1 Å². The molecule has 0 fully saturated rings. The zero-order valence-corrected chi connectivity index (χ0v) is 23.2. The number of aryl methyl sites for hydroxylation is 1. The summed E-state index contributed by atoms with van der Waals surface area (Å²) < 4.78 is 7.94. The van der Waals surface area contributed by atoms with Gasteiger partial charge in [0.1, 0.15) is 17.3 Å². The number of carbonyl (C=O) groups excluding carboxylic acids is 1. The molecule has 0 unspecified atom stereocenters. The standard InChI is InChI=1S/C30H29Cl2N3O4/c1-3-4-15-35-18-28(25-14-9-22(31)17-26(25)32)34-29(35)27(33-19(2)36)16-20-5-10-23(11-6-20)39-24-12-7-21(8-13-24)30(37)38/h5-14,17-18,27H,3-4,15-16H2,1-2H3,(H,33,36)(H,37,38)/t27-/m0/s1. The first-order valence-electron chi connectivity index (χ1n) is 12.6. The van der Waals surface area contributed by atoms with E-state index in [1.807, 2.05) is 36.5 Å². The van der Waals surface area contributed by atoms with Crippen molar-refractivity contribution in [2.24, 2.45) is 0 Å². The number of imidazole rings is 1. The molecule has 0 radical (unpaired) electrons. The minimum absolute atomic E-state index is 0.152. The van der Waals surface area contributed by atoms with Gasteiger partial charge < -0.3 is 19.7 Å². The van der Waals surface area contributed by atoms with Crippen molar-refractivity contribution in [2.75, 3.05) is 0 Å². The third kappa shape index (κ3) is 7.40. The van der Waals surface area contributed by atoms with Crippen molar-refractivity contribution in [1.82, 2.24) is 14.9 Å². The molecule has 7 nitrogen and oxygen atoms in total. The number of amides is 1. The van der Waals surface area contributed by atoms with Crippen molar-refractivity contribution in [1.29, 1.82) is 0 Å². The number of aromatic carboxylic acids is 1. The first-order chi connectivity index (χ1) is 18.7. The number of halogens is 2. The van der Waals surface area contributed by atoms with Crippen molar-refractivity contribution < 1.29 is 19.4 Å². The highest BCUT2D eigenvalue weighted by Gasteiger charge is 2.22. The summed E-state index contributed by atoms with van der Waals surface area (Å²) in [4.78, 5) is 28.2. The van der Waals surface area contributed by atoms with Crippen LogP contribution in [-0.4, -0.2) is 26.5 Å². The molecule has 39 heavy (non-hydrogen) atoms. The van der Waals surface area contributed by atoms with Gasteiger partial charge in [0.15, 0.2) is 0 Å². The van der Waals surface area contributed by atoms with E-state index in [1.54, 1.807) is 24.3 Å². The molecule has 1 atom stereocenters. The number of hydrogen-bond acceptors (Lipinski definition) is 4. The number of carboxylic acid groups (broad SMARTS) is 1. The van der Waals surface area contributed by atoms with E-state index < -0.39 is 5.97 Å². The molecule has 9 heteroatoms. The summed E-state index contributed by atoms with van der Waals surface area (Å²) in [5.41, 5.74) is 2.67. The highest BCUT2D eigenvalue weighted by molar-refractivity contribution is 6.36. The number of ether oxygens (including phenoxy) is 1. The molecule has 1 aromatic heterocycles. The van der Waals surface area contributed by atoms with Gasteiger partial charge in [-0.2, -0.15) is 0 Å². The first kappa shape index (κ1) is 28.2. The van der Waals surface area contributed by atoms with E-state index >= 15 is 0 Å². The lowest BCUT2D eigenvalue weighted by molar-refractivity contribution is -0.119. The second-order valence-electron chi connectivity index (χ2n) is 9.19. The van der Waals surface area contributed by atoms with Crippen LogP contribution in [0.4, 0.5) is 0 Å². The molecular weight excluding hydrogens is 537 g/mol. The Hall–Kier alpha value is -3.81. The number of benzene rings is 3. The van der Waals surface area contributed by atoms with Crippen molar-refractivity contribution in [3.63, 3.8) is 0 Å². The summed E-state index contributed by atoms with van der Waals surface area (Å²) in [5.74, 6) is 0.759. The predicted molar refractivity (Wildman–Crippen MR) is 153 cm³/mol. The van der Waals surface area contributed by atoms with Crippen molar-refractivity contribution in [3.8, 4) is 22.8 Å². The van der Waals surface area contributed by atoms with E-state index in [9.17, 15) is 9.59 Å². The fourth-order valence-corrected chi connectivity index (χ4v) is 4.73. The number of nitrogens with one attached hydrogen (secondary N) is 1. The summed E-state index contributed by atoms with van der Waals surface area (Å²) in [7, 11) is 0. The molecule has 0 saturated heterocycles. The predicted octanol–water partition coefficient (Wildman–Crippen LogP) is 7.57. The monoisotopic (exact) mass is 565 g/mol. The molecule has 4 aromatic rings. The topological polar surface area (TPSA) is 93.5 Å². The van der Waals surface area contributed by atoms with Gasteiger partial charge in [-0.15, -0.1) is 0 Å². The van der Waals surface area contributed by atoms with Crippen LogP contribution < -0.4 is 10.1 Å². The number of carbonyl (C=O) groups is 2. The summed E-state index contributed by atoms with van der Waals surface area (Å²) in [6.45, 7) is 4.38. The number of hydrogen-bond donors (Lipinski definition) is 2. The number of rotatable bonds is 11. The van der Waals surface area contributed by atoms with Gasteiger partial charge >= 0.3 is 5.97 Å². The van der Waals surface area contributed by atoms with Crippen molar-refractivity contribution in [2.45, 2.75) is 45.7 Å². The van der Waals surface area contributed by atoms with E-state index in [2.05, 4.69) is 16.8 Å². The van der Waals surface area contributed by atoms with Crippen LogP contribution in [0, 0.1) is 0 Å². The van der Waals surface area contributed by atoms with Gasteiger partial charge in [0.25, 0.3) is 0 Å². The Kier molecular flexibility index (Phi) is 9.28. The van der Waals surface area contributed by atoms with E-state index in [0.29, 0.717) is 28.0 Å². The smallest absolute Gasteiger partial charge is 0.335 e. The van der Waals surface area contributed by atoms with Crippen LogP contribution in [0.3, 0.4) is 0 Å². The number of nitrogens with zero attached hydrogens (tertiary/aromatic N) is 2. The number of carboxylic acids is 1. The van der Waals surface area contributed by atoms with Gasteiger partial charge in [0, 0.05) is 30.3 Å². The first-order valence-corrected chi connectivity index (χ1v) is 13.4. The maximum Gasteiger partial charge on any atom is 0.335 e. The Morgan fingerprint density at radius 1 is 1.03 bits per heavy atom. The number of aromatic nitrogens is 2. The molecule has 1 heterocycles. The maximum absolute atomic E-state index is 12.2. The minimum atomic E-state index is -0.988. The molecule has 202 valence electrons. The molecule has 3 aromatic carbocycles. The number of unbranched alkanes of at least 4 members (excludes halogenated alkanes) is 1. The molecule has 0 bridgehead atoms. The quantitative estimate of drug-likeness (QED) is 0.195. The summed E-state index contributed by atoms with van der Waals surface area (Å²) in [6, 6.07) is 18.7. The average molecular weight is 566 g/mol. The van der Waals surface area contributed by atoms with Crippen LogP contribution in [-0.2, 0) is 17.8 Å². The second-order valence-corrected chi connectivity index (χ2v) is 10.0. The molecule has 1 amide bonds. The zero-order valence-electron chi connectivity index (χ0n) is 21.7. The van der Waals surface area contributed by atoms with Gasteiger partial charge in [0.2, 0.25) is 5.91 Å². The fourth-order valence-electron chi connectivity index (χ4n) is 4.23. The van der Waals surface area contributed by atoms with E-state index in [1.165, 1.54) is 19.1 Å². The lowest BCUT2D eigenvalue weighted by Crippen LogP contribution is -2.30. The van der Waals surface area contributed by atoms with Gasteiger partial charge in [0.05, 0.1) is 22.3 Å². The van der Waals surface area contributed by atoms with Crippen LogP contribution in [0.25, 0.3) is 11.3 Å². The lowest BCUT2D eigenvalue weighted by Gasteiger charge is -2.19. The normalized spacial score (nSPS) is 11.7. The SMILES string of the molecule is CCCCn1cc(-c2ccc(Cl)cc2Cl)nc1[C@H](Cc1ccc(Oc2ccc(C(=O)O)cc2)cc1)NC(C)=O. The molecule has 0 aliphatic heterocycles. The average Bonchev–Trinajstić information content (AvgIpc) is 3.32. The minimum Gasteiger partial charge on any atom is -0.478 e. The third-order valence-corrected chi connectivity index (χ3v) is 6.70. The second kappa shape index (κ2) is 12.8. The summed E-state index contributed by atoms with van der Waals surface area (Å²) >= 11 is 12.6. The Bertz CT molecular complexity index is 1450. The van der Waals surface area contributed by atoms with Gasteiger partial charge in [-0.1, -0.05) is 48.7 Å². The highest BCUT2D eigenvalue weighted by Crippen LogP contribution is 2.32. The lowest BCUT2D eigenvalue weighted by atomic mass is 10.0. The largest absolute Gasteiger partial charge is 0.478 e. The Morgan fingerprint density at radius 2 is 1.69 bits per heavy atom. The molecule has 4 rings (SSSR count). The van der Waals surface area contributed by atoms with E-state index in [0.717, 1.165) is 42.0 Å². The Labute approximate surface area is 237 Å². The van der Waals surface area contributed by atoms with Gasteiger partial charge in [-0.3, -0.25) is 4.79 Å². The molecule has 0 spiro atoms. The maximum atomic E-state index is 12.2. The Balaban J connectivity index is 1.58. The van der Waals surface area contributed by atoms with Gasteiger partial charge in [-0.25, -0.2) is 9.78 Å².